The van der Waals surface area contributed by atoms with E-state index < -0.39 is 32.7 Å². The summed E-state index contributed by atoms with van der Waals surface area (Å²) in [5.41, 5.74) is 1.44. The lowest BCUT2D eigenvalue weighted by Gasteiger charge is -2.23. The van der Waals surface area contributed by atoms with Gasteiger partial charge in [-0.25, -0.2) is 12.8 Å². The van der Waals surface area contributed by atoms with Crippen LogP contribution in [0.1, 0.15) is 31.2 Å². The second-order valence-electron chi connectivity index (χ2n) is 7.89. The van der Waals surface area contributed by atoms with Gasteiger partial charge in [-0.05, 0) is 55.5 Å². The number of carbonyl (C=O) groups excluding carboxylic acids is 2. The fourth-order valence-corrected chi connectivity index (χ4v) is 5.45. The van der Waals surface area contributed by atoms with Crippen LogP contribution in [-0.4, -0.2) is 37.1 Å². The smallest absolute Gasteiger partial charge is 0.246 e. The van der Waals surface area contributed by atoms with Crippen LogP contribution in [0.3, 0.4) is 0 Å². The Morgan fingerprint density at radius 2 is 1.81 bits per heavy atom. The lowest BCUT2D eigenvalue weighted by Crippen LogP contribution is -2.45. The first-order chi connectivity index (χ1) is 14.9. The van der Waals surface area contributed by atoms with E-state index in [1.54, 1.807) is 18.2 Å². The molecule has 0 spiro atoms. The van der Waals surface area contributed by atoms with Crippen molar-refractivity contribution in [3.8, 4) is 0 Å². The molecule has 2 fully saturated rings. The lowest BCUT2D eigenvalue weighted by atomic mass is 10.1. The minimum Gasteiger partial charge on any atom is -0.351 e. The minimum atomic E-state index is -4.12. The van der Waals surface area contributed by atoms with Gasteiger partial charge in [0.1, 0.15) is 16.8 Å². The summed E-state index contributed by atoms with van der Waals surface area (Å²) in [6, 6.07) is 11.5. The number of halogens is 1. The molecule has 1 heterocycles. The highest BCUT2D eigenvalue weighted by Crippen LogP contribution is 2.30. The maximum Gasteiger partial charge on any atom is 0.246 e. The summed E-state index contributed by atoms with van der Waals surface area (Å²) in [5, 5.41) is 5.64. The Morgan fingerprint density at radius 1 is 1.03 bits per heavy atom. The Labute approximate surface area is 180 Å². The third-order valence-electron chi connectivity index (χ3n) is 5.54. The summed E-state index contributed by atoms with van der Waals surface area (Å²) in [5.74, 6) is -1.17. The number of nitrogens with one attached hydrogen (secondary N) is 2. The van der Waals surface area contributed by atoms with E-state index in [4.69, 9.17) is 0 Å². The average Bonchev–Trinajstić information content (AvgIpc) is 3.48. The zero-order valence-corrected chi connectivity index (χ0v) is 17.7. The van der Waals surface area contributed by atoms with Gasteiger partial charge < -0.3 is 10.6 Å². The number of rotatable bonds is 7. The summed E-state index contributed by atoms with van der Waals surface area (Å²) in [4.78, 5) is 24.3. The second kappa shape index (κ2) is 8.76. The Kier molecular flexibility index (Phi) is 6.06. The normalized spacial score (nSPS) is 19.2. The highest BCUT2D eigenvalue weighted by Gasteiger charge is 2.40. The molecule has 1 aliphatic heterocycles. The molecule has 0 bridgehead atoms. The van der Waals surface area contributed by atoms with E-state index in [1.165, 1.54) is 18.2 Å². The molecule has 2 aliphatic rings. The maximum atomic E-state index is 14.1. The molecule has 0 unspecified atom stereocenters. The first kappa shape index (κ1) is 21.5. The van der Waals surface area contributed by atoms with Gasteiger partial charge in [-0.3, -0.25) is 9.59 Å². The molecule has 4 rings (SSSR count). The zero-order chi connectivity index (χ0) is 22.0. The Morgan fingerprint density at radius 3 is 2.55 bits per heavy atom. The molecule has 7 nitrogen and oxygen atoms in total. The first-order valence-electron chi connectivity index (χ1n) is 10.3. The van der Waals surface area contributed by atoms with E-state index in [-0.39, 0.29) is 24.9 Å². The van der Waals surface area contributed by atoms with E-state index in [0.717, 1.165) is 28.8 Å². The zero-order valence-electron chi connectivity index (χ0n) is 16.9. The van der Waals surface area contributed by atoms with Crippen molar-refractivity contribution in [3.05, 3.63) is 59.9 Å². The number of sulfonamides is 1. The van der Waals surface area contributed by atoms with Crippen molar-refractivity contribution in [1.29, 1.82) is 0 Å². The predicted molar refractivity (Wildman–Crippen MR) is 113 cm³/mol. The average molecular weight is 446 g/mol. The van der Waals surface area contributed by atoms with Gasteiger partial charge in [0.25, 0.3) is 0 Å². The molecule has 164 valence electrons. The third-order valence-corrected chi connectivity index (χ3v) is 7.48. The number of hydrogen-bond acceptors (Lipinski definition) is 4. The van der Waals surface area contributed by atoms with E-state index in [1.807, 2.05) is 6.07 Å². The summed E-state index contributed by atoms with van der Waals surface area (Å²) in [6.45, 7) is 0.355. The molecule has 2 aromatic carbocycles. The molecule has 1 aliphatic carbocycles. The van der Waals surface area contributed by atoms with Crippen LogP contribution >= 0.6 is 0 Å². The van der Waals surface area contributed by atoms with Gasteiger partial charge in [-0.2, -0.15) is 4.31 Å². The monoisotopic (exact) mass is 445 g/mol. The van der Waals surface area contributed by atoms with Crippen LogP contribution < -0.4 is 10.6 Å². The fourth-order valence-electron chi connectivity index (χ4n) is 3.73. The quantitative estimate of drug-likeness (QED) is 0.685. The molecule has 1 atom stereocenters. The van der Waals surface area contributed by atoms with Crippen LogP contribution in [0.25, 0.3) is 0 Å². The molecule has 1 saturated carbocycles. The van der Waals surface area contributed by atoms with E-state index in [0.29, 0.717) is 18.5 Å². The highest BCUT2D eigenvalue weighted by atomic mass is 32.2. The second-order valence-corrected chi connectivity index (χ2v) is 9.74. The van der Waals surface area contributed by atoms with Crippen molar-refractivity contribution in [2.45, 2.75) is 43.2 Å². The summed E-state index contributed by atoms with van der Waals surface area (Å²) in [6.07, 6.45) is 2.72. The number of hydrogen-bond donors (Lipinski definition) is 2. The maximum absolute atomic E-state index is 14.1. The summed E-state index contributed by atoms with van der Waals surface area (Å²) in [7, 11) is -4.12. The van der Waals surface area contributed by atoms with Crippen LogP contribution in [0.15, 0.2) is 53.4 Å². The van der Waals surface area contributed by atoms with Gasteiger partial charge in [0.2, 0.25) is 21.8 Å². The standard InChI is InChI=1S/C22H24FN3O4S/c23-18-7-1-2-9-20(18)31(29,30)26-12-4-8-19(26)22(28)24-14-15-5-3-6-17(13-15)25-21(27)16-10-11-16/h1-3,5-7,9,13,16,19H,4,8,10-12,14H2,(H,24,28)(H,25,27)/t19-/m1/s1. The molecule has 31 heavy (non-hydrogen) atoms. The number of amides is 2. The molecular weight excluding hydrogens is 421 g/mol. The summed E-state index contributed by atoms with van der Waals surface area (Å²) >= 11 is 0. The van der Waals surface area contributed by atoms with Crippen molar-refractivity contribution in [2.24, 2.45) is 5.92 Å². The van der Waals surface area contributed by atoms with Crippen molar-refractivity contribution in [1.82, 2.24) is 9.62 Å². The first-order valence-corrected chi connectivity index (χ1v) is 11.7. The van der Waals surface area contributed by atoms with Crippen molar-refractivity contribution < 1.29 is 22.4 Å². The molecule has 1 saturated heterocycles. The lowest BCUT2D eigenvalue weighted by molar-refractivity contribution is -0.124. The molecule has 0 radical (unpaired) electrons. The third kappa shape index (κ3) is 4.77. The molecule has 0 aromatic heterocycles. The van der Waals surface area contributed by atoms with E-state index in [9.17, 15) is 22.4 Å². The fraction of sp³-hybridized carbons (Fsp3) is 0.364. The van der Waals surface area contributed by atoms with Gasteiger partial charge in [0.15, 0.2) is 0 Å². The van der Waals surface area contributed by atoms with Crippen molar-refractivity contribution in [3.63, 3.8) is 0 Å². The van der Waals surface area contributed by atoms with Crippen LogP contribution in [0.2, 0.25) is 0 Å². The Hall–Kier alpha value is -2.78. The molecule has 2 aromatic rings. The van der Waals surface area contributed by atoms with Gasteiger partial charge in [-0.1, -0.05) is 24.3 Å². The minimum absolute atomic E-state index is 0.00105. The van der Waals surface area contributed by atoms with Crippen LogP contribution in [0.4, 0.5) is 10.1 Å². The van der Waals surface area contributed by atoms with Crippen LogP contribution in [-0.2, 0) is 26.2 Å². The molecular formula is C22H24FN3O4S. The van der Waals surface area contributed by atoms with Gasteiger partial charge >= 0.3 is 0 Å². The predicted octanol–water partition coefficient (Wildman–Crippen LogP) is 2.64. The Balaban J connectivity index is 1.41. The largest absolute Gasteiger partial charge is 0.351 e. The van der Waals surface area contributed by atoms with Crippen LogP contribution in [0.5, 0.6) is 0 Å². The van der Waals surface area contributed by atoms with E-state index >= 15 is 0 Å². The van der Waals surface area contributed by atoms with E-state index in [2.05, 4.69) is 10.6 Å². The number of nitrogens with zero attached hydrogens (tertiary/aromatic N) is 1. The Bertz CT molecular complexity index is 1100. The highest BCUT2D eigenvalue weighted by molar-refractivity contribution is 7.89. The molecule has 2 amide bonds. The number of anilines is 1. The molecule has 9 heteroatoms. The van der Waals surface area contributed by atoms with Crippen molar-refractivity contribution in [2.75, 3.05) is 11.9 Å². The van der Waals surface area contributed by atoms with Gasteiger partial charge in [-0.15, -0.1) is 0 Å². The van der Waals surface area contributed by atoms with Crippen molar-refractivity contribution >= 4 is 27.5 Å². The number of carbonyl (C=O) groups is 2. The topological polar surface area (TPSA) is 95.6 Å². The molecule has 2 N–H and O–H groups in total. The number of benzene rings is 2. The summed E-state index contributed by atoms with van der Waals surface area (Å²) < 4.78 is 41.0. The van der Waals surface area contributed by atoms with Gasteiger partial charge in [0.05, 0.1) is 0 Å². The van der Waals surface area contributed by atoms with Crippen LogP contribution in [0, 0.1) is 11.7 Å². The van der Waals surface area contributed by atoms with Gasteiger partial charge in [0, 0.05) is 24.7 Å². The SMILES string of the molecule is O=C(Nc1cccc(CNC(=O)[C@H]2CCCN2S(=O)(=O)c2ccccc2F)c1)C1CC1.